The summed E-state index contributed by atoms with van der Waals surface area (Å²) in [5, 5.41) is 0. The van der Waals surface area contributed by atoms with E-state index in [1.54, 1.807) is 7.11 Å². The highest BCUT2D eigenvalue weighted by Crippen LogP contribution is 2.14. The van der Waals surface area contributed by atoms with E-state index in [-0.39, 0.29) is 6.10 Å². The van der Waals surface area contributed by atoms with Crippen LogP contribution in [0.25, 0.3) is 0 Å². The molecular formula is C8H13NO. The van der Waals surface area contributed by atoms with Gasteiger partial charge in [-0.25, -0.2) is 0 Å². The number of ether oxygens (including phenoxy) is 1. The zero-order valence-electron chi connectivity index (χ0n) is 6.66. The number of methoxy groups -OCH3 is 1. The van der Waals surface area contributed by atoms with Crippen molar-refractivity contribution >= 4 is 0 Å². The molecule has 1 heterocycles. The molecule has 1 rings (SSSR count). The topological polar surface area (TPSA) is 14.2 Å². The zero-order valence-corrected chi connectivity index (χ0v) is 6.66. The lowest BCUT2D eigenvalue weighted by molar-refractivity contribution is 0.113. The van der Waals surface area contributed by atoms with Crippen LogP contribution in [0, 0.1) is 0 Å². The second kappa shape index (κ2) is 2.88. The molecule has 1 aromatic rings. The van der Waals surface area contributed by atoms with Crippen molar-refractivity contribution < 1.29 is 4.74 Å². The Morgan fingerprint density at radius 1 is 1.60 bits per heavy atom. The highest BCUT2D eigenvalue weighted by Gasteiger charge is 2.04. The first kappa shape index (κ1) is 7.35. The van der Waals surface area contributed by atoms with E-state index >= 15 is 0 Å². The van der Waals surface area contributed by atoms with Gasteiger partial charge in [-0.2, -0.15) is 0 Å². The maximum Gasteiger partial charge on any atom is 0.0942 e. The highest BCUT2D eigenvalue weighted by atomic mass is 16.5. The summed E-state index contributed by atoms with van der Waals surface area (Å²) in [6.07, 6.45) is 2.21. The Hall–Kier alpha value is -0.760. The van der Waals surface area contributed by atoms with Crippen LogP contribution in [-0.4, -0.2) is 11.7 Å². The summed E-state index contributed by atoms with van der Waals surface area (Å²) in [6, 6.07) is 4.08. The van der Waals surface area contributed by atoms with Gasteiger partial charge in [0.2, 0.25) is 0 Å². The second-order valence-electron chi connectivity index (χ2n) is 2.42. The molecule has 0 amide bonds. The Morgan fingerprint density at radius 2 is 2.30 bits per heavy atom. The molecule has 0 spiro atoms. The van der Waals surface area contributed by atoms with Gasteiger partial charge in [-0.05, 0) is 19.1 Å². The predicted molar refractivity (Wildman–Crippen MR) is 40.8 cm³/mol. The molecule has 0 bridgehead atoms. The molecule has 10 heavy (non-hydrogen) atoms. The molecular weight excluding hydrogens is 126 g/mol. The molecule has 2 heteroatoms. The fourth-order valence-electron chi connectivity index (χ4n) is 1.02. The van der Waals surface area contributed by atoms with Gasteiger partial charge < -0.3 is 9.30 Å². The fourth-order valence-corrected chi connectivity index (χ4v) is 1.02. The van der Waals surface area contributed by atoms with Crippen LogP contribution in [0.5, 0.6) is 0 Å². The largest absolute Gasteiger partial charge is 0.376 e. The predicted octanol–water partition coefficient (Wildman–Crippen LogP) is 1.73. The third-order valence-electron chi connectivity index (χ3n) is 1.75. The average Bonchev–Trinajstić information content (AvgIpc) is 2.34. The number of nitrogens with zero attached hydrogens (tertiary/aromatic N) is 1. The maximum absolute atomic E-state index is 5.15. The molecule has 2 nitrogen and oxygen atoms in total. The number of hydrogen-bond donors (Lipinski definition) is 0. The van der Waals surface area contributed by atoms with Crippen molar-refractivity contribution in [1.82, 2.24) is 4.57 Å². The lowest BCUT2D eigenvalue weighted by Crippen LogP contribution is -2.01. The lowest BCUT2D eigenvalue weighted by atomic mass is 10.3. The van der Waals surface area contributed by atoms with Gasteiger partial charge in [0.1, 0.15) is 0 Å². The van der Waals surface area contributed by atoms with E-state index in [0.29, 0.717) is 0 Å². The first-order chi connectivity index (χ1) is 4.75. The van der Waals surface area contributed by atoms with E-state index in [1.165, 1.54) is 5.69 Å². The van der Waals surface area contributed by atoms with Crippen LogP contribution in [0.3, 0.4) is 0 Å². The summed E-state index contributed by atoms with van der Waals surface area (Å²) in [5.74, 6) is 0. The van der Waals surface area contributed by atoms with Crippen molar-refractivity contribution in [2.24, 2.45) is 7.05 Å². The normalized spacial score (nSPS) is 13.5. The molecule has 1 aromatic heterocycles. The van der Waals surface area contributed by atoms with E-state index in [2.05, 4.69) is 10.6 Å². The van der Waals surface area contributed by atoms with Crippen molar-refractivity contribution in [1.29, 1.82) is 0 Å². The molecule has 0 radical (unpaired) electrons. The summed E-state index contributed by atoms with van der Waals surface area (Å²) in [6.45, 7) is 2.04. The number of hydrogen-bond acceptors (Lipinski definition) is 1. The van der Waals surface area contributed by atoms with Gasteiger partial charge in [0.25, 0.3) is 0 Å². The number of rotatable bonds is 2. The minimum absolute atomic E-state index is 0.194. The minimum atomic E-state index is 0.194. The van der Waals surface area contributed by atoms with Crippen molar-refractivity contribution in [2.45, 2.75) is 13.0 Å². The summed E-state index contributed by atoms with van der Waals surface area (Å²) in [5.41, 5.74) is 1.21. The monoisotopic (exact) mass is 139 g/mol. The Balaban J connectivity index is 2.82. The Kier molecular flexibility index (Phi) is 2.12. The van der Waals surface area contributed by atoms with Crippen molar-refractivity contribution in [3.05, 3.63) is 24.0 Å². The van der Waals surface area contributed by atoms with E-state index < -0.39 is 0 Å². The zero-order chi connectivity index (χ0) is 7.56. The first-order valence-corrected chi connectivity index (χ1v) is 3.39. The van der Waals surface area contributed by atoms with Gasteiger partial charge in [-0.15, -0.1) is 0 Å². The van der Waals surface area contributed by atoms with Crippen molar-refractivity contribution in [3.63, 3.8) is 0 Å². The first-order valence-electron chi connectivity index (χ1n) is 3.39. The summed E-state index contributed by atoms with van der Waals surface area (Å²) >= 11 is 0. The molecule has 0 aliphatic heterocycles. The third-order valence-corrected chi connectivity index (χ3v) is 1.75. The van der Waals surface area contributed by atoms with Gasteiger partial charge in [0.15, 0.2) is 0 Å². The van der Waals surface area contributed by atoms with Crippen molar-refractivity contribution in [3.8, 4) is 0 Å². The third kappa shape index (κ3) is 1.21. The van der Waals surface area contributed by atoms with E-state index in [4.69, 9.17) is 4.74 Å². The van der Waals surface area contributed by atoms with Gasteiger partial charge in [-0.3, -0.25) is 0 Å². The smallest absolute Gasteiger partial charge is 0.0942 e. The van der Waals surface area contributed by atoms with Crippen LogP contribution in [0.1, 0.15) is 18.7 Å². The van der Waals surface area contributed by atoms with Crippen LogP contribution in [0.2, 0.25) is 0 Å². The molecule has 0 N–H and O–H groups in total. The van der Waals surface area contributed by atoms with Crippen LogP contribution >= 0.6 is 0 Å². The number of aryl methyl sites for hydroxylation is 1. The molecule has 1 atom stereocenters. The molecule has 0 saturated heterocycles. The standard InChI is InChI=1S/C8H13NO/c1-7(10-3)8-5-4-6-9(8)2/h4-7H,1-3H3. The molecule has 0 aliphatic rings. The van der Waals surface area contributed by atoms with Gasteiger partial charge in [-0.1, -0.05) is 0 Å². The van der Waals surface area contributed by atoms with Gasteiger partial charge >= 0.3 is 0 Å². The fraction of sp³-hybridized carbons (Fsp3) is 0.500. The van der Waals surface area contributed by atoms with Crippen LogP contribution in [0.4, 0.5) is 0 Å². The quantitative estimate of drug-likeness (QED) is 0.608. The Morgan fingerprint density at radius 3 is 2.70 bits per heavy atom. The Labute approximate surface area is 61.4 Å². The Bertz CT molecular complexity index is 205. The highest BCUT2D eigenvalue weighted by molar-refractivity contribution is 5.08. The van der Waals surface area contributed by atoms with Crippen molar-refractivity contribution in [2.75, 3.05) is 7.11 Å². The summed E-state index contributed by atoms with van der Waals surface area (Å²) < 4.78 is 7.22. The minimum Gasteiger partial charge on any atom is -0.376 e. The lowest BCUT2D eigenvalue weighted by Gasteiger charge is -2.09. The second-order valence-corrected chi connectivity index (χ2v) is 2.42. The molecule has 0 aromatic carbocycles. The van der Waals surface area contributed by atoms with Crippen LogP contribution in [-0.2, 0) is 11.8 Å². The van der Waals surface area contributed by atoms with Crippen LogP contribution in [0.15, 0.2) is 18.3 Å². The summed E-state index contributed by atoms with van der Waals surface area (Å²) in [7, 11) is 3.74. The molecule has 1 unspecified atom stereocenters. The molecule has 0 fully saturated rings. The summed E-state index contributed by atoms with van der Waals surface area (Å²) in [4.78, 5) is 0. The average molecular weight is 139 g/mol. The number of aromatic nitrogens is 1. The maximum atomic E-state index is 5.15. The molecule has 0 aliphatic carbocycles. The molecule has 0 saturated carbocycles. The SMILES string of the molecule is COC(C)c1cccn1C. The van der Waals surface area contributed by atoms with Gasteiger partial charge in [0.05, 0.1) is 6.10 Å². The van der Waals surface area contributed by atoms with Gasteiger partial charge in [0, 0.05) is 26.0 Å². The van der Waals surface area contributed by atoms with Crippen LogP contribution < -0.4 is 0 Å². The van der Waals surface area contributed by atoms with E-state index in [0.717, 1.165) is 0 Å². The van der Waals surface area contributed by atoms with E-state index in [9.17, 15) is 0 Å². The molecule has 56 valence electrons. The van der Waals surface area contributed by atoms with E-state index in [1.807, 2.05) is 26.2 Å².